The maximum atomic E-state index is 9.30. The molecule has 1 atom stereocenters. The van der Waals surface area contributed by atoms with Crippen molar-refractivity contribution in [3.8, 4) is 0 Å². The maximum absolute atomic E-state index is 9.30. The van der Waals surface area contributed by atoms with Gasteiger partial charge in [-0.15, -0.1) is 0 Å². The topological polar surface area (TPSA) is 23.5 Å². The van der Waals surface area contributed by atoms with Gasteiger partial charge in [-0.05, 0) is 27.8 Å². The van der Waals surface area contributed by atoms with Gasteiger partial charge in [-0.1, -0.05) is 15.9 Å². The summed E-state index contributed by atoms with van der Waals surface area (Å²) in [6.45, 7) is 7.12. The first kappa shape index (κ1) is 11.4. The summed E-state index contributed by atoms with van der Waals surface area (Å²) < 4.78 is 0. The minimum atomic E-state index is -0.265. The van der Waals surface area contributed by atoms with Crippen LogP contribution in [0.1, 0.15) is 20.8 Å². The number of likely N-dealkylation sites (N-methyl/N-ethyl adjacent to an activating group) is 1. The Balaban J connectivity index is 3.77. The summed E-state index contributed by atoms with van der Waals surface area (Å²) in [6, 6.07) is 0. The number of hydrogen-bond donors (Lipinski definition) is 1. The van der Waals surface area contributed by atoms with Crippen molar-refractivity contribution in [1.29, 1.82) is 0 Å². The molecule has 0 bridgehead atoms. The van der Waals surface area contributed by atoms with E-state index >= 15 is 0 Å². The lowest BCUT2D eigenvalue weighted by molar-refractivity contribution is 0.0925. The zero-order chi connectivity index (χ0) is 9.07. The van der Waals surface area contributed by atoms with Crippen LogP contribution in [-0.2, 0) is 0 Å². The maximum Gasteiger partial charge on any atom is 0.0763 e. The van der Waals surface area contributed by atoms with Gasteiger partial charge in [-0.2, -0.15) is 0 Å². The van der Waals surface area contributed by atoms with E-state index in [2.05, 4.69) is 41.6 Å². The van der Waals surface area contributed by atoms with Gasteiger partial charge in [0.05, 0.1) is 6.10 Å². The van der Waals surface area contributed by atoms with Crippen molar-refractivity contribution >= 4 is 15.9 Å². The molecule has 0 fully saturated rings. The number of β-amino-alcohol motifs (C(OH)–C–C–N with tert-alkyl or cyclic N) is 1. The molecule has 0 heterocycles. The van der Waals surface area contributed by atoms with Crippen LogP contribution in [0, 0.1) is 0 Å². The number of nitrogens with zero attached hydrogens (tertiary/aromatic N) is 1. The van der Waals surface area contributed by atoms with Crippen LogP contribution >= 0.6 is 15.9 Å². The molecule has 0 aromatic heterocycles. The summed E-state index contributed by atoms with van der Waals surface area (Å²) >= 11 is 3.23. The first-order valence-electron chi connectivity index (χ1n) is 3.83. The molecular weight excluding hydrogens is 206 g/mol. The molecule has 0 aliphatic carbocycles. The average molecular weight is 224 g/mol. The Morgan fingerprint density at radius 2 is 1.91 bits per heavy atom. The van der Waals surface area contributed by atoms with Crippen LogP contribution in [0.3, 0.4) is 0 Å². The molecule has 2 nitrogen and oxygen atoms in total. The molecule has 0 spiro atoms. The van der Waals surface area contributed by atoms with Gasteiger partial charge in [0.15, 0.2) is 0 Å². The fraction of sp³-hybridized carbons (Fsp3) is 1.00. The van der Waals surface area contributed by atoms with Crippen molar-refractivity contribution in [2.75, 3.05) is 18.9 Å². The van der Waals surface area contributed by atoms with E-state index in [-0.39, 0.29) is 11.6 Å². The summed E-state index contributed by atoms with van der Waals surface area (Å²) in [5, 5.41) is 9.95. The molecule has 1 unspecified atom stereocenters. The van der Waals surface area contributed by atoms with Crippen LogP contribution in [0.5, 0.6) is 0 Å². The Bertz CT molecular complexity index is 111. The highest BCUT2D eigenvalue weighted by atomic mass is 79.9. The summed E-state index contributed by atoms with van der Waals surface area (Å²) in [5.74, 6) is 0. The third kappa shape index (κ3) is 4.77. The fourth-order valence-corrected chi connectivity index (χ4v) is 0.844. The predicted octanol–water partition coefficient (Wildman–Crippen LogP) is 1.47. The van der Waals surface area contributed by atoms with Crippen LogP contribution < -0.4 is 0 Å². The number of rotatable bonds is 3. The van der Waals surface area contributed by atoms with E-state index in [1.165, 1.54) is 0 Å². The van der Waals surface area contributed by atoms with Gasteiger partial charge in [0.2, 0.25) is 0 Å². The molecule has 3 heteroatoms. The highest BCUT2D eigenvalue weighted by molar-refractivity contribution is 9.09. The number of aliphatic hydroxyl groups is 1. The smallest absolute Gasteiger partial charge is 0.0763 e. The van der Waals surface area contributed by atoms with Crippen molar-refractivity contribution in [1.82, 2.24) is 4.90 Å². The lowest BCUT2D eigenvalue weighted by atomic mass is 10.1. The van der Waals surface area contributed by atoms with Crippen molar-refractivity contribution in [2.24, 2.45) is 0 Å². The molecule has 0 amide bonds. The number of halogens is 1. The van der Waals surface area contributed by atoms with E-state index in [4.69, 9.17) is 0 Å². The second-order valence-corrected chi connectivity index (χ2v) is 4.51. The first-order valence-corrected chi connectivity index (χ1v) is 4.95. The Labute approximate surface area is 77.7 Å². The lowest BCUT2D eigenvalue weighted by Gasteiger charge is -2.33. The molecule has 0 aromatic rings. The highest BCUT2D eigenvalue weighted by Gasteiger charge is 2.18. The molecule has 0 saturated carbocycles. The molecular formula is C8H18BrNO. The summed E-state index contributed by atoms with van der Waals surface area (Å²) in [6.07, 6.45) is -0.265. The molecule has 1 N–H and O–H groups in total. The lowest BCUT2D eigenvalue weighted by Crippen LogP contribution is -2.43. The third-order valence-corrected chi connectivity index (χ3v) is 2.56. The Hall–Kier alpha value is 0.400. The van der Waals surface area contributed by atoms with Crippen LogP contribution in [0.15, 0.2) is 0 Å². The predicted molar refractivity (Wildman–Crippen MR) is 52.2 cm³/mol. The minimum Gasteiger partial charge on any atom is -0.391 e. The number of hydrogen-bond acceptors (Lipinski definition) is 2. The first-order chi connectivity index (χ1) is 4.88. The Morgan fingerprint density at radius 3 is 2.18 bits per heavy atom. The average Bonchev–Trinajstić information content (AvgIpc) is 1.85. The molecule has 0 aliphatic heterocycles. The van der Waals surface area contributed by atoms with E-state index in [0.29, 0.717) is 5.33 Å². The Kier molecular flexibility index (Phi) is 4.59. The van der Waals surface area contributed by atoms with Gasteiger partial charge >= 0.3 is 0 Å². The second kappa shape index (κ2) is 4.43. The normalized spacial score (nSPS) is 15.5. The van der Waals surface area contributed by atoms with Gasteiger partial charge in [-0.25, -0.2) is 0 Å². The molecule has 0 rings (SSSR count). The zero-order valence-electron chi connectivity index (χ0n) is 7.76. The zero-order valence-corrected chi connectivity index (χ0v) is 9.35. The molecule has 0 aliphatic rings. The second-order valence-electron chi connectivity index (χ2n) is 3.86. The fourth-order valence-electron chi connectivity index (χ4n) is 0.639. The summed E-state index contributed by atoms with van der Waals surface area (Å²) in [4.78, 5) is 2.14. The van der Waals surface area contributed by atoms with E-state index in [1.54, 1.807) is 0 Å². The Morgan fingerprint density at radius 1 is 1.45 bits per heavy atom. The summed E-state index contributed by atoms with van der Waals surface area (Å²) in [7, 11) is 2.02. The van der Waals surface area contributed by atoms with E-state index in [0.717, 1.165) is 6.54 Å². The monoisotopic (exact) mass is 223 g/mol. The van der Waals surface area contributed by atoms with Crippen LogP contribution in [0.4, 0.5) is 0 Å². The van der Waals surface area contributed by atoms with Crippen molar-refractivity contribution in [3.63, 3.8) is 0 Å². The number of alkyl halides is 1. The molecule has 68 valence electrons. The van der Waals surface area contributed by atoms with Crippen LogP contribution in [0.2, 0.25) is 0 Å². The largest absolute Gasteiger partial charge is 0.391 e. The van der Waals surface area contributed by atoms with E-state index in [1.807, 2.05) is 7.05 Å². The van der Waals surface area contributed by atoms with Crippen LogP contribution in [-0.4, -0.2) is 40.6 Å². The van der Waals surface area contributed by atoms with Gasteiger partial charge in [0.1, 0.15) is 0 Å². The van der Waals surface area contributed by atoms with Gasteiger partial charge in [0.25, 0.3) is 0 Å². The molecule has 11 heavy (non-hydrogen) atoms. The van der Waals surface area contributed by atoms with Gasteiger partial charge < -0.3 is 5.11 Å². The van der Waals surface area contributed by atoms with E-state index in [9.17, 15) is 5.11 Å². The van der Waals surface area contributed by atoms with Crippen molar-refractivity contribution in [2.45, 2.75) is 32.4 Å². The molecule has 0 saturated heterocycles. The molecule has 0 radical (unpaired) electrons. The molecule has 0 aromatic carbocycles. The SMILES string of the molecule is CN(CC(O)CBr)C(C)(C)C. The standard InChI is InChI=1S/C8H18BrNO/c1-8(2,3)10(4)6-7(11)5-9/h7,11H,5-6H2,1-4H3. The van der Waals surface area contributed by atoms with Crippen LogP contribution in [0.25, 0.3) is 0 Å². The van der Waals surface area contributed by atoms with Crippen molar-refractivity contribution in [3.05, 3.63) is 0 Å². The van der Waals surface area contributed by atoms with Gasteiger partial charge in [0, 0.05) is 17.4 Å². The summed E-state index contributed by atoms with van der Waals surface area (Å²) in [5.41, 5.74) is 0.142. The van der Waals surface area contributed by atoms with Gasteiger partial charge in [-0.3, -0.25) is 4.90 Å². The third-order valence-electron chi connectivity index (χ3n) is 1.81. The van der Waals surface area contributed by atoms with E-state index < -0.39 is 0 Å². The number of aliphatic hydroxyl groups excluding tert-OH is 1. The van der Waals surface area contributed by atoms with Crippen molar-refractivity contribution < 1.29 is 5.11 Å². The quantitative estimate of drug-likeness (QED) is 0.734. The minimum absolute atomic E-state index is 0.142. The highest BCUT2D eigenvalue weighted by Crippen LogP contribution is 2.10.